The van der Waals surface area contributed by atoms with Crippen molar-refractivity contribution in [2.45, 2.75) is 70.4 Å². The molecular weight excluding hydrogens is 514 g/mol. The predicted molar refractivity (Wildman–Crippen MR) is 155 cm³/mol. The van der Waals surface area contributed by atoms with Crippen LogP contribution in [0.15, 0.2) is 66.0 Å². The Bertz CT molecular complexity index is 1580. The van der Waals surface area contributed by atoms with Crippen LogP contribution < -0.4 is 0 Å². The van der Waals surface area contributed by atoms with E-state index < -0.39 is 0 Å². The van der Waals surface area contributed by atoms with Crippen LogP contribution in [-0.4, -0.2) is 61.0 Å². The number of aromatic nitrogens is 3. The van der Waals surface area contributed by atoms with Crippen molar-refractivity contribution >= 4 is 17.5 Å². The Balaban J connectivity index is 1.22. The highest BCUT2D eigenvalue weighted by Gasteiger charge is 2.76. The molecular formula is C33H35N5O3. The number of hydrogen-bond acceptors (Lipinski definition) is 6. The molecule has 7 rings (SSSR count). The van der Waals surface area contributed by atoms with Gasteiger partial charge in [-0.25, -0.2) is 4.68 Å². The molecule has 4 heterocycles. The van der Waals surface area contributed by atoms with Gasteiger partial charge in [0.15, 0.2) is 11.6 Å². The Morgan fingerprint density at radius 3 is 2.51 bits per heavy atom. The minimum absolute atomic E-state index is 0.0359. The number of nitrogens with one attached hydrogen (secondary N) is 1. The summed E-state index contributed by atoms with van der Waals surface area (Å²) >= 11 is 0. The maximum atomic E-state index is 13.2. The summed E-state index contributed by atoms with van der Waals surface area (Å²) in [5, 5.41) is 23.2. The summed E-state index contributed by atoms with van der Waals surface area (Å²) < 4.78 is 1.67. The third-order valence-corrected chi connectivity index (χ3v) is 10.3. The number of benzene rings is 1. The summed E-state index contributed by atoms with van der Waals surface area (Å²) in [7, 11) is 0. The monoisotopic (exact) mass is 549 g/mol. The Morgan fingerprint density at radius 1 is 1.07 bits per heavy atom. The van der Waals surface area contributed by atoms with Crippen LogP contribution in [0.2, 0.25) is 0 Å². The van der Waals surface area contributed by atoms with Gasteiger partial charge in [-0.05, 0) is 56.9 Å². The van der Waals surface area contributed by atoms with Crippen molar-refractivity contribution in [1.82, 2.24) is 19.7 Å². The molecule has 41 heavy (non-hydrogen) atoms. The van der Waals surface area contributed by atoms with Gasteiger partial charge in [-0.15, -0.1) is 0 Å². The number of ketones is 1. The van der Waals surface area contributed by atoms with Crippen LogP contribution in [0.5, 0.6) is 0 Å². The van der Waals surface area contributed by atoms with E-state index in [2.05, 4.69) is 18.1 Å². The number of fused-ring (bicyclic) bond motifs is 1. The molecule has 2 aliphatic carbocycles. The smallest absolute Gasteiger partial charge is 0.225 e. The van der Waals surface area contributed by atoms with Crippen LogP contribution in [0.1, 0.15) is 64.0 Å². The third kappa shape index (κ3) is 3.66. The molecule has 1 aromatic carbocycles. The van der Waals surface area contributed by atoms with Gasteiger partial charge in [0, 0.05) is 46.8 Å². The third-order valence-electron chi connectivity index (χ3n) is 10.3. The number of aliphatic hydroxyl groups excluding tert-OH is 1. The summed E-state index contributed by atoms with van der Waals surface area (Å²) in [5.41, 5.74) is 6.40. The average Bonchev–Trinajstić information content (AvgIpc) is 3.39. The SMILES string of the molecule is CC(=O)/C1=C(\C2CC3N(C(=O)CCO)C4CCC243)CCC(C)c2c(-c3ccc(-c4ccccc4)nc3)cnn2C1=N. The lowest BCUT2D eigenvalue weighted by Gasteiger charge is -2.80. The highest BCUT2D eigenvalue weighted by atomic mass is 16.3. The van der Waals surface area contributed by atoms with E-state index in [0.29, 0.717) is 5.57 Å². The standard InChI is InChI=1S/C33H35N5O3/c1-19-8-10-23(25-16-28-33(25)14-12-27(33)37(28)29(41)13-15-39)30(20(2)40)32(34)38-31(19)24(18-36-38)22-9-11-26(35-17-22)21-6-4-3-5-7-21/h3-7,9,11,17-19,25,27-28,34,39H,8,10,12-16H2,1-2H3/b30-23+,34-32?. The van der Waals surface area contributed by atoms with Crippen molar-refractivity contribution in [3.05, 3.63) is 71.7 Å². The second kappa shape index (κ2) is 9.58. The molecule has 1 spiro atoms. The van der Waals surface area contributed by atoms with Gasteiger partial charge in [0.2, 0.25) is 5.91 Å². The summed E-state index contributed by atoms with van der Waals surface area (Å²) in [4.78, 5) is 32.6. The number of hydrogen-bond donors (Lipinski definition) is 2. The van der Waals surface area contributed by atoms with Crippen LogP contribution in [0, 0.1) is 16.7 Å². The van der Waals surface area contributed by atoms with E-state index in [1.807, 2.05) is 47.5 Å². The predicted octanol–water partition coefficient (Wildman–Crippen LogP) is 4.98. The number of pyridine rings is 1. The second-order valence-corrected chi connectivity index (χ2v) is 12.1. The summed E-state index contributed by atoms with van der Waals surface area (Å²) in [6.07, 6.45) is 8.31. The zero-order chi connectivity index (χ0) is 28.5. The molecule has 210 valence electrons. The quantitative estimate of drug-likeness (QED) is 0.450. The number of carbonyl (C=O) groups is 2. The number of nitrogens with zero attached hydrogens (tertiary/aromatic N) is 4. The van der Waals surface area contributed by atoms with E-state index in [4.69, 9.17) is 4.98 Å². The van der Waals surface area contributed by atoms with E-state index in [9.17, 15) is 20.1 Å². The van der Waals surface area contributed by atoms with Crippen LogP contribution in [0.3, 0.4) is 0 Å². The lowest BCUT2D eigenvalue weighted by atomic mass is 9.36. The molecule has 4 aliphatic rings. The van der Waals surface area contributed by atoms with E-state index in [1.165, 1.54) is 0 Å². The van der Waals surface area contributed by atoms with Crippen molar-refractivity contribution in [3.63, 3.8) is 0 Å². The first kappa shape index (κ1) is 26.0. The Hall–Kier alpha value is -3.91. The molecule has 3 fully saturated rings. The van der Waals surface area contributed by atoms with Crippen LogP contribution in [0.4, 0.5) is 0 Å². The fourth-order valence-electron chi connectivity index (χ4n) is 8.28. The zero-order valence-electron chi connectivity index (χ0n) is 23.5. The van der Waals surface area contributed by atoms with Crippen molar-refractivity contribution in [1.29, 1.82) is 5.41 Å². The Labute approximate surface area is 239 Å². The normalized spacial score (nSPS) is 30.0. The number of amides is 1. The minimum atomic E-state index is -0.124. The molecule has 2 aromatic heterocycles. The molecule has 0 radical (unpaired) electrons. The molecule has 5 atom stereocenters. The topological polar surface area (TPSA) is 112 Å². The van der Waals surface area contributed by atoms with E-state index in [-0.39, 0.29) is 59.9 Å². The maximum absolute atomic E-state index is 13.2. The first-order valence-electron chi connectivity index (χ1n) is 14.7. The summed E-state index contributed by atoms with van der Waals surface area (Å²) in [6, 6.07) is 14.5. The minimum Gasteiger partial charge on any atom is -0.396 e. The van der Waals surface area contributed by atoms with Crippen molar-refractivity contribution < 1.29 is 14.7 Å². The first-order valence-corrected chi connectivity index (χ1v) is 14.7. The van der Waals surface area contributed by atoms with Crippen molar-refractivity contribution in [3.8, 4) is 22.4 Å². The Morgan fingerprint density at radius 2 is 1.88 bits per heavy atom. The lowest BCUT2D eigenvalue weighted by Crippen LogP contribution is -2.86. The number of Topliss-reactive ketones (excluding diaryl/α,β-unsaturated/α-hetero) is 1. The van der Waals surface area contributed by atoms with Gasteiger partial charge in [0.05, 0.1) is 29.8 Å². The lowest BCUT2D eigenvalue weighted by molar-refractivity contribution is -0.282. The van der Waals surface area contributed by atoms with Crippen molar-refractivity contribution in [2.75, 3.05) is 6.61 Å². The van der Waals surface area contributed by atoms with E-state index in [1.54, 1.807) is 17.8 Å². The molecule has 2 N–H and O–H groups in total. The van der Waals surface area contributed by atoms with Crippen LogP contribution in [-0.2, 0) is 9.59 Å². The molecule has 3 aromatic rings. The summed E-state index contributed by atoms with van der Waals surface area (Å²) in [5.74, 6) is 0.426. The molecule has 2 saturated carbocycles. The van der Waals surface area contributed by atoms with Crippen LogP contribution >= 0.6 is 0 Å². The van der Waals surface area contributed by atoms with Gasteiger partial charge < -0.3 is 10.0 Å². The molecule has 1 saturated heterocycles. The highest BCUT2D eigenvalue weighted by Crippen LogP contribution is 2.73. The maximum Gasteiger partial charge on any atom is 0.225 e. The van der Waals surface area contributed by atoms with Gasteiger partial charge in [0.25, 0.3) is 0 Å². The fourth-order valence-corrected chi connectivity index (χ4v) is 8.28. The number of rotatable bonds is 6. The van der Waals surface area contributed by atoms with E-state index in [0.717, 1.165) is 65.8 Å². The van der Waals surface area contributed by atoms with Crippen molar-refractivity contribution in [2.24, 2.45) is 11.3 Å². The zero-order valence-corrected chi connectivity index (χ0v) is 23.5. The van der Waals surface area contributed by atoms with Crippen LogP contribution in [0.25, 0.3) is 22.4 Å². The molecule has 8 nitrogen and oxygen atoms in total. The average molecular weight is 550 g/mol. The number of allylic oxidation sites excluding steroid dienone is 2. The van der Waals surface area contributed by atoms with Gasteiger partial charge in [-0.1, -0.05) is 48.9 Å². The van der Waals surface area contributed by atoms with E-state index >= 15 is 0 Å². The molecule has 5 unspecified atom stereocenters. The highest BCUT2D eigenvalue weighted by molar-refractivity contribution is 6.21. The number of likely N-dealkylation sites (tertiary alicyclic amines) is 1. The summed E-state index contributed by atoms with van der Waals surface area (Å²) in [6.45, 7) is 3.62. The number of carbonyl (C=O) groups excluding carboxylic acids is 2. The second-order valence-electron chi connectivity index (χ2n) is 12.1. The van der Waals surface area contributed by atoms with Gasteiger partial charge >= 0.3 is 0 Å². The first-order chi connectivity index (χ1) is 19.9. The fraction of sp³-hybridized carbons (Fsp3) is 0.424. The van der Waals surface area contributed by atoms with Gasteiger partial charge in [-0.3, -0.25) is 20.0 Å². The number of piperidine rings is 2. The van der Waals surface area contributed by atoms with Gasteiger partial charge in [-0.2, -0.15) is 5.10 Å². The largest absolute Gasteiger partial charge is 0.396 e. The molecule has 0 bridgehead atoms. The molecule has 1 amide bonds. The van der Waals surface area contributed by atoms with Gasteiger partial charge in [0.1, 0.15) is 0 Å². The number of aliphatic hydroxyl groups is 1. The Kier molecular flexibility index (Phi) is 6.08. The molecule has 2 aliphatic heterocycles. The molecule has 8 heteroatoms.